The number of hydrogen-bond donors (Lipinski definition) is 3. The molecule has 0 saturated heterocycles. The molecule has 1 rings (SSSR count). The average molecular weight is 318 g/mol. The minimum Gasteiger partial charge on any atom is -0.355 e. The smallest absolute Gasteiger partial charge is 0.208 e. The second-order valence-electron chi connectivity index (χ2n) is 4.24. The normalized spacial score (nSPS) is 12.4. The minimum atomic E-state index is -3.13. The van der Waals surface area contributed by atoms with E-state index in [2.05, 4.69) is 39.4 Å². The second kappa shape index (κ2) is 8.23. The van der Waals surface area contributed by atoms with Gasteiger partial charge in [-0.2, -0.15) is 0 Å². The zero-order valence-corrected chi connectivity index (χ0v) is 13.7. The summed E-state index contributed by atoms with van der Waals surface area (Å²) in [4.78, 5) is 6.70. The SMILES string of the molecule is CCc1ccc(CNC(=NC)NCCNS(C)(=O)=O)s1. The molecule has 0 aromatic carbocycles. The number of nitrogens with one attached hydrogen (secondary N) is 3. The molecule has 1 aromatic heterocycles. The number of thiophene rings is 1. The van der Waals surface area contributed by atoms with Crippen molar-refractivity contribution in [3.8, 4) is 0 Å². The van der Waals surface area contributed by atoms with Gasteiger partial charge in [0.05, 0.1) is 12.8 Å². The summed E-state index contributed by atoms with van der Waals surface area (Å²) < 4.78 is 24.2. The molecule has 1 heterocycles. The predicted molar refractivity (Wildman–Crippen MR) is 84.7 cm³/mol. The molecule has 6 nitrogen and oxygen atoms in total. The van der Waals surface area contributed by atoms with E-state index in [0.29, 0.717) is 25.6 Å². The minimum absolute atomic E-state index is 0.332. The molecule has 0 aliphatic carbocycles. The van der Waals surface area contributed by atoms with Crippen LogP contribution in [0.1, 0.15) is 16.7 Å². The van der Waals surface area contributed by atoms with Crippen LogP contribution in [0, 0.1) is 0 Å². The van der Waals surface area contributed by atoms with Gasteiger partial charge in [-0.05, 0) is 18.6 Å². The lowest BCUT2D eigenvalue weighted by Gasteiger charge is -2.11. The van der Waals surface area contributed by atoms with Crippen molar-refractivity contribution in [2.24, 2.45) is 4.99 Å². The molecule has 8 heteroatoms. The Balaban J connectivity index is 2.29. The van der Waals surface area contributed by atoms with Gasteiger partial charge < -0.3 is 10.6 Å². The third-order valence-electron chi connectivity index (χ3n) is 2.50. The van der Waals surface area contributed by atoms with Crippen molar-refractivity contribution in [1.29, 1.82) is 0 Å². The fraction of sp³-hybridized carbons (Fsp3) is 0.583. The Morgan fingerprint density at radius 1 is 1.25 bits per heavy atom. The topological polar surface area (TPSA) is 82.6 Å². The number of aryl methyl sites for hydroxylation is 1. The van der Waals surface area contributed by atoms with Gasteiger partial charge in [-0.1, -0.05) is 6.92 Å². The Bertz CT molecular complexity index is 537. The Morgan fingerprint density at radius 3 is 2.50 bits per heavy atom. The van der Waals surface area contributed by atoms with E-state index in [-0.39, 0.29) is 0 Å². The van der Waals surface area contributed by atoms with Crippen molar-refractivity contribution >= 4 is 27.3 Å². The van der Waals surface area contributed by atoms with Gasteiger partial charge in [-0.25, -0.2) is 13.1 Å². The molecular weight excluding hydrogens is 296 g/mol. The highest BCUT2D eigenvalue weighted by atomic mass is 32.2. The number of hydrogen-bond acceptors (Lipinski definition) is 4. The number of nitrogens with zero attached hydrogens (tertiary/aromatic N) is 1. The first-order chi connectivity index (χ1) is 9.44. The quantitative estimate of drug-likeness (QED) is 0.389. The van der Waals surface area contributed by atoms with Gasteiger partial charge in [0.25, 0.3) is 0 Å². The molecule has 3 N–H and O–H groups in total. The second-order valence-corrected chi connectivity index (χ2v) is 7.33. The van der Waals surface area contributed by atoms with Gasteiger partial charge in [0, 0.05) is 29.9 Å². The Hall–Kier alpha value is -1.12. The standard InChI is InChI=1S/C12H22N4O2S2/c1-4-10-5-6-11(19-10)9-15-12(13-2)14-7-8-16-20(3,17)18/h5-6,16H,4,7-9H2,1-3H3,(H2,13,14,15). The summed E-state index contributed by atoms with van der Waals surface area (Å²) in [6, 6.07) is 4.24. The molecule has 0 radical (unpaired) electrons. The molecule has 0 aliphatic rings. The lowest BCUT2D eigenvalue weighted by atomic mass is 10.4. The lowest BCUT2D eigenvalue weighted by Crippen LogP contribution is -2.40. The van der Waals surface area contributed by atoms with Gasteiger partial charge in [-0.15, -0.1) is 11.3 Å². The van der Waals surface area contributed by atoms with Crippen LogP contribution in [-0.4, -0.2) is 40.8 Å². The van der Waals surface area contributed by atoms with Crippen molar-refractivity contribution in [3.63, 3.8) is 0 Å². The first-order valence-corrected chi connectivity index (χ1v) is 9.12. The summed E-state index contributed by atoms with van der Waals surface area (Å²) in [7, 11) is -1.45. The Kier molecular flexibility index (Phi) is 6.97. The van der Waals surface area contributed by atoms with Crippen molar-refractivity contribution in [3.05, 3.63) is 21.9 Å². The highest BCUT2D eigenvalue weighted by Gasteiger charge is 2.02. The van der Waals surface area contributed by atoms with E-state index in [4.69, 9.17) is 0 Å². The van der Waals surface area contributed by atoms with Gasteiger partial charge >= 0.3 is 0 Å². The molecule has 0 atom stereocenters. The summed E-state index contributed by atoms with van der Waals surface area (Å²) in [5.74, 6) is 0.659. The summed E-state index contributed by atoms with van der Waals surface area (Å²) in [6.07, 6.45) is 2.19. The lowest BCUT2D eigenvalue weighted by molar-refractivity contribution is 0.586. The summed E-state index contributed by atoms with van der Waals surface area (Å²) in [6.45, 7) is 3.66. The van der Waals surface area contributed by atoms with Crippen LogP contribution in [0.4, 0.5) is 0 Å². The first kappa shape index (κ1) is 16.9. The third-order valence-corrected chi connectivity index (χ3v) is 4.46. The van der Waals surface area contributed by atoms with Gasteiger partial charge in [0.2, 0.25) is 10.0 Å². The van der Waals surface area contributed by atoms with Crippen LogP contribution >= 0.6 is 11.3 Å². The first-order valence-electron chi connectivity index (χ1n) is 6.41. The fourth-order valence-electron chi connectivity index (χ4n) is 1.52. The largest absolute Gasteiger partial charge is 0.355 e. The molecular formula is C12H22N4O2S2. The van der Waals surface area contributed by atoms with Crippen LogP contribution in [0.2, 0.25) is 0 Å². The van der Waals surface area contributed by atoms with E-state index >= 15 is 0 Å². The monoisotopic (exact) mass is 318 g/mol. The number of sulfonamides is 1. The van der Waals surface area contributed by atoms with Crippen molar-refractivity contribution in [2.45, 2.75) is 19.9 Å². The molecule has 20 heavy (non-hydrogen) atoms. The summed E-state index contributed by atoms with van der Waals surface area (Å²) in [5, 5.41) is 6.24. The average Bonchev–Trinajstić information content (AvgIpc) is 2.84. The summed E-state index contributed by atoms with van der Waals surface area (Å²) in [5.41, 5.74) is 0. The van der Waals surface area contributed by atoms with Crippen LogP contribution in [0.5, 0.6) is 0 Å². The van der Waals surface area contributed by atoms with Crippen molar-refractivity contribution in [1.82, 2.24) is 15.4 Å². The van der Waals surface area contributed by atoms with E-state index < -0.39 is 10.0 Å². The maximum Gasteiger partial charge on any atom is 0.208 e. The summed E-state index contributed by atoms with van der Waals surface area (Å²) >= 11 is 1.78. The van der Waals surface area contributed by atoms with Crippen LogP contribution in [0.3, 0.4) is 0 Å². The number of guanidine groups is 1. The van der Waals surface area contributed by atoms with Crippen LogP contribution in [0.25, 0.3) is 0 Å². The number of aliphatic imine (C=N–C) groups is 1. The van der Waals surface area contributed by atoms with E-state index in [9.17, 15) is 8.42 Å². The highest BCUT2D eigenvalue weighted by Crippen LogP contribution is 2.16. The fourth-order valence-corrected chi connectivity index (χ4v) is 2.89. The third kappa shape index (κ3) is 6.88. The Morgan fingerprint density at radius 2 is 1.95 bits per heavy atom. The molecule has 0 spiro atoms. The van der Waals surface area contributed by atoms with E-state index in [1.165, 1.54) is 9.75 Å². The van der Waals surface area contributed by atoms with Crippen molar-refractivity contribution < 1.29 is 8.42 Å². The maximum absolute atomic E-state index is 10.9. The molecule has 0 aliphatic heterocycles. The van der Waals surface area contributed by atoms with Gasteiger partial charge in [0.1, 0.15) is 0 Å². The highest BCUT2D eigenvalue weighted by molar-refractivity contribution is 7.88. The molecule has 0 amide bonds. The maximum atomic E-state index is 10.9. The molecule has 0 bridgehead atoms. The van der Waals surface area contributed by atoms with Gasteiger partial charge in [0.15, 0.2) is 5.96 Å². The molecule has 0 fully saturated rings. The van der Waals surface area contributed by atoms with Crippen molar-refractivity contribution in [2.75, 3.05) is 26.4 Å². The molecule has 0 saturated carbocycles. The van der Waals surface area contributed by atoms with Crippen LogP contribution in [-0.2, 0) is 23.0 Å². The Labute approximate surface area is 124 Å². The van der Waals surface area contributed by atoms with E-state index in [1.54, 1.807) is 18.4 Å². The van der Waals surface area contributed by atoms with Crippen LogP contribution in [0.15, 0.2) is 17.1 Å². The zero-order valence-electron chi connectivity index (χ0n) is 12.1. The molecule has 0 unspecified atom stereocenters. The predicted octanol–water partition coefficient (Wildman–Crippen LogP) is 0.525. The van der Waals surface area contributed by atoms with Gasteiger partial charge in [-0.3, -0.25) is 4.99 Å². The molecule has 1 aromatic rings. The van der Waals surface area contributed by atoms with Crippen LogP contribution < -0.4 is 15.4 Å². The number of rotatable bonds is 7. The zero-order chi connectivity index (χ0) is 15.0. The van der Waals surface area contributed by atoms with E-state index in [0.717, 1.165) is 12.7 Å². The molecule has 114 valence electrons. The van der Waals surface area contributed by atoms with E-state index in [1.807, 2.05) is 0 Å².